The van der Waals surface area contributed by atoms with E-state index in [9.17, 15) is 5.26 Å². The standard InChI is InChI=1S/C53H38N4/c1-53(2)47-19-11-18-43(49(47)44-29-20-34(33-54)30-48(44)53)35-21-23-36(24-22-35)45-31-41-16-9-10-17-42(41)32-46(45)37-25-27-40(28-26-37)52-56-50(38-12-5-3-6-13-38)55-51(57-52)39-14-7-4-8-15-39/h3-32,52H,1-2H3,(H,55,56,57). The van der Waals surface area contributed by atoms with E-state index in [4.69, 9.17) is 9.98 Å². The van der Waals surface area contributed by atoms with Crippen LogP contribution in [0.25, 0.3) is 55.3 Å². The quantitative estimate of drug-likeness (QED) is 0.185. The molecule has 2 aliphatic rings. The largest absolute Gasteiger partial charge is 0.344 e. The van der Waals surface area contributed by atoms with E-state index >= 15 is 0 Å². The zero-order valence-electron chi connectivity index (χ0n) is 31.7. The highest BCUT2D eigenvalue weighted by molar-refractivity contribution is 6.13. The Morgan fingerprint density at radius 1 is 0.509 bits per heavy atom. The first kappa shape index (κ1) is 34.2. The molecule has 270 valence electrons. The third-order valence-electron chi connectivity index (χ3n) is 11.6. The summed E-state index contributed by atoms with van der Waals surface area (Å²) < 4.78 is 0. The second kappa shape index (κ2) is 13.7. The number of aliphatic imine (C=N–C) groups is 2. The molecule has 0 amide bonds. The molecule has 1 atom stereocenters. The zero-order chi connectivity index (χ0) is 38.5. The molecule has 8 aromatic carbocycles. The Labute approximate surface area is 333 Å². The molecule has 1 heterocycles. The maximum absolute atomic E-state index is 9.65. The summed E-state index contributed by atoms with van der Waals surface area (Å²) in [4.78, 5) is 10.0. The Morgan fingerprint density at radius 2 is 1.09 bits per heavy atom. The number of benzene rings is 8. The van der Waals surface area contributed by atoms with E-state index in [2.05, 4.69) is 165 Å². The Hall–Kier alpha value is -7.35. The van der Waals surface area contributed by atoms with Crippen LogP contribution in [-0.4, -0.2) is 11.7 Å². The molecule has 10 rings (SSSR count). The number of nitriles is 1. The molecule has 57 heavy (non-hydrogen) atoms. The second-order valence-electron chi connectivity index (χ2n) is 15.4. The van der Waals surface area contributed by atoms with Crippen molar-refractivity contribution in [1.29, 1.82) is 5.26 Å². The van der Waals surface area contributed by atoms with Gasteiger partial charge in [0.25, 0.3) is 0 Å². The fourth-order valence-corrected chi connectivity index (χ4v) is 8.57. The summed E-state index contributed by atoms with van der Waals surface area (Å²) in [5.41, 5.74) is 15.6. The van der Waals surface area contributed by atoms with Crippen LogP contribution in [0.2, 0.25) is 0 Å². The first-order chi connectivity index (χ1) is 27.9. The van der Waals surface area contributed by atoms with Crippen LogP contribution in [0.4, 0.5) is 0 Å². The normalized spacial score (nSPS) is 15.1. The van der Waals surface area contributed by atoms with Crippen molar-refractivity contribution in [3.8, 4) is 50.6 Å². The van der Waals surface area contributed by atoms with E-state index in [0.717, 1.165) is 33.7 Å². The molecule has 1 aliphatic heterocycles. The van der Waals surface area contributed by atoms with Crippen molar-refractivity contribution in [1.82, 2.24) is 5.32 Å². The van der Waals surface area contributed by atoms with Crippen molar-refractivity contribution in [2.75, 3.05) is 0 Å². The number of nitrogens with zero attached hydrogens (tertiary/aromatic N) is 3. The molecule has 0 spiro atoms. The highest BCUT2D eigenvalue weighted by atomic mass is 15.2. The van der Waals surface area contributed by atoms with Crippen molar-refractivity contribution in [3.05, 3.63) is 215 Å². The summed E-state index contributed by atoms with van der Waals surface area (Å²) >= 11 is 0. The first-order valence-electron chi connectivity index (χ1n) is 19.4. The van der Waals surface area contributed by atoms with Crippen LogP contribution in [0.1, 0.15) is 53.4 Å². The van der Waals surface area contributed by atoms with E-state index in [1.54, 1.807) is 0 Å². The number of hydrogen-bond donors (Lipinski definition) is 1. The van der Waals surface area contributed by atoms with Gasteiger partial charge in [-0.2, -0.15) is 5.26 Å². The topological polar surface area (TPSA) is 60.5 Å². The molecule has 8 aromatic rings. The number of fused-ring (bicyclic) bond motifs is 4. The van der Waals surface area contributed by atoms with Crippen molar-refractivity contribution in [3.63, 3.8) is 0 Å². The lowest BCUT2D eigenvalue weighted by atomic mass is 9.81. The van der Waals surface area contributed by atoms with Gasteiger partial charge in [0.15, 0.2) is 5.84 Å². The fraction of sp³-hybridized carbons (Fsp3) is 0.0755. The molecule has 1 unspecified atom stereocenters. The molecule has 0 bridgehead atoms. The van der Waals surface area contributed by atoms with Crippen LogP contribution in [0.3, 0.4) is 0 Å². The molecule has 1 aliphatic carbocycles. The minimum atomic E-state index is -0.295. The van der Waals surface area contributed by atoms with Gasteiger partial charge in [0.2, 0.25) is 0 Å². The minimum Gasteiger partial charge on any atom is -0.344 e. The van der Waals surface area contributed by atoms with E-state index in [0.29, 0.717) is 11.4 Å². The SMILES string of the molecule is CC1(C)c2cc(C#N)ccc2-c2c(-c3ccc(-c4cc5ccccc5cc4-c4ccc(C5N=C(c6ccccc6)N=C(c6ccccc6)N5)cc4)cc3)cccc21. The van der Waals surface area contributed by atoms with Crippen molar-refractivity contribution >= 4 is 22.4 Å². The van der Waals surface area contributed by atoms with Crippen LogP contribution in [-0.2, 0) is 5.41 Å². The summed E-state index contributed by atoms with van der Waals surface area (Å²) in [5, 5.41) is 15.7. The summed E-state index contributed by atoms with van der Waals surface area (Å²) in [6, 6.07) is 66.5. The molecule has 1 N–H and O–H groups in total. The Kier molecular flexibility index (Phi) is 8.24. The lowest BCUT2D eigenvalue weighted by Gasteiger charge is -2.24. The molecular formula is C53H38N4. The van der Waals surface area contributed by atoms with Gasteiger partial charge in [-0.15, -0.1) is 0 Å². The molecule has 0 radical (unpaired) electrons. The monoisotopic (exact) mass is 730 g/mol. The van der Waals surface area contributed by atoms with Crippen molar-refractivity contribution in [2.24, 2.45) is 9.98 Å². The third kappa shape index (κ3) is 6.02. The highest BCUT2D eigenvalue weighted by Crippen LogP contribution is 2.52. The summed E-state index contributed by atoms with van der Waals surface area (Å²) in [6.45, 7) is 4.52. The van der Waals surface area contributed by atoms with Crippen LogP contribution in [0.15, 0.2) is 192 Å². The fourth-order valence-electron chi connectivity index (χ4n) is 8.57. The van der Waals surface area contributed by atoms with Crippen molar-refractivity contribution < 1.29 is 0 Å². The van der Waals surface area contributed by atoms with Crippen LogP contribution < -0.4 is 5.32 Å². The second-order valence-corrected chi connectivity index (χ2v) is 15.4. The predicted octanol–water partition coefficient (Wildman–Crippen LogP) is 12.5. The smallest absolute Gasteiger partial charge is 0.159 e. The summed E-state index contributed by atoms with van der Waals surface area (Å²) in [7, 11) is 0. The van der Waals surface area contributed by atoms with Gasteiger partial charge in [0.05, 0.1) is 11.6 Å². The van der Waals surface area contributed by atoms with Crippen LogP contribution >= 0.6 is 0 Å². The van der Waals surface area contributed by atoms with Crippen LogP contribution in [0, 0.1) is 11.3 Å². The van der Waals surface area contributed by atoms with Gasteiger partial charge in [-0.25, -0.2) is 9.98 Å². The maximum Gasteiger partial charge on any atom is 0.159 e. The maximum atomic E-state index is 9.65. The van der Waals surface area contributed by atoms with Gasteiger partial charge in [-0.1, -0.05) is 172 Å². The predicted molar refractivity (Wildman–Crippen MR) is 234 cm³/mol. The molecule has 4 nitrogen and oxygen atoms in total. The van der Waals surface area contributed by atoms with Gasteiger partial charge in [0.1, 0.15) is 12.0 Å². The van der Waals surface area contributed by atoms with Gasteiger partial charge >= 0.3 is 0 Å². The molecule has 4 heteroatoms. The molecular weight excluding hydrogens is 693 g/mol. The van der Waals surface area contributed by atoms with Gasteiger partial charge < -0.3 is 5.32 Å². The average Bonchev–Trinajstić information content (AvgIpc) is 3.51. The molecule has 0 saturated carbocycles. The third-order valence-corrected chi connectivity index (χ3v) is 11.6. The highest BCUT2D eigenvalue weighted by Gasteiger charge is 2.37. The summed E-state index contributed by atoms with van der Waals surface area (Å²) in [5.74, 6) is 1.52. The molecule has 0 fully saturated rings. The average molecular weight is 731 g/mol. The number of hydrogen-bond acceptors (Lipinski definition) is 4. The van der Waals surface area contributed by atoms with Gasteiger partial charge in [-0.3, -0.25) is 0 Å². The van der Waals surface area contributed by atoms with Gasteiger partial charge in [-0.05, 0) is 96.2 Å². The Bertz CT molecular complexity index is 2930. The number of nitrogens with one attached hydrogen (secondary N) is 1. The lowest BCUT2D eigenvalue weighted by Crippen LogP contribution is -2.33. The van der Waals surface area contributed by atoms with E-state index in [1.165, 1.54) is 55.3 Å². The lowest BCUT2D eigenvalue weighted by molar-refractivity contribution is 0.660. The Morgan fingerprint density at radius 3 is 1.72 bits per heavy atom. The van der Waals surface area contributed by atoms with E-state index < -0.39 is 0 Å². The minimum absolute atomic E-state index is 0.190. The Balaban J connectivity index is 1.02. The van der Waals surface area contributed by atoms with Crippen LogP contribution in [0.5, 0.6) is 0 Å². The molecule has 0 aromatic heterocycles. The van der Waals surface area contributed by atoms with Crippen molar-refractivity contribution in [2.45, 2.75) is 25.4 Å². The van der Waals surface area contributed by atoms with E-state index in [-0.39, 0.29) is 11.6 Å². The summed E-state index contributed by atoms with van der Waals surface area (Å²) in [6.07, 6.45) is -0.295. The van der Waals surface area contributed by atoms with E-state index in [1.807, 2.05) is 42.5 Å². The zero-order valence-corrected chi connectivity index (χ0v) is 31.7. The van der Waals surface area contributed by atoms with Gasteiger partial charge in [0, 0.05) is 16.5 Å². The first-order valence-corrected chi connectivity index (χ1v) is 19.4. The number of amidine groups is 2. The molecule has 0 saturated heterocycles. The number of rotatable bonds is 6.